The first-order chi connectivity index (χ1) is 44.1. The van der Waals surface area contributed by atoms with Crippen molar-refractivity contribution >= 4 is 35.4 Å². The summed E-state index contributed by atoms with van der Waals surface area (Å²) in [5.41, 5.74) is 16.3. The molecule has 6 fully saturated rings. The van der Waals surface area contributed by atoms with E-state index >= 15 is 0 Å². The number of ether oxygens (including phenoxy) is 12. The molecule has 0 aromatic heterocycles. The number of hydrogen-bond donors (Lipinski definition) is 23. The lowest BCUT2D eigenvalue weighted by Crippen LogP contribution is -2.67. The molecule has 0 bridgehead atoms. The molecule has 6 heterocycles. The van der Waals surface area contributed by atoms with Gasteiger partial charge in [0.1, 0.15) is 134 Å². The molecular weight excluding hydrogens is 1360 g/mol. The number of hydrogen-bond acceptors (Lipinski definition) is 41. The largest absolute Gasteiger partial charge is 0.479 e. The Labute approximate surface area is 530 Å². The van der Waals surface area contributed by atoms with Crippen LogP contribution in [0.1, 0.15) is 6.92 Å². The highest BCUT2D eigenvalue weighted by Gasteiger charge is 2.61. The van der Waals surface area contributed by atoms with Gasteiger partial charge in [0.2, 0.25) is 0 Å². The maximum atomic E-state index is 13.8. The quantitative estimate of drug-likeness (QED) is 0.0266. The van der Waals surface area contributed by atoms with Crippen molar-refractivity contribution < 1.29 is 209 Å². The molecule has 550 valence electrons. The molecule has 0 saturated carbocycles. The number of carboxylic acids is 2. The molecule has 6 aliphatic heterocycles. The number of rotatable bonds is 34. The highest BCUT2D eigenvalue weighted by Crippen LogP contribution is 2.53. The molecule has 46 nitrogen and oxygen atoms in total. The van der Waals surface area contributed by atoms with E-state index in [4.69, 9.17) is 106 Å². The highest BCUT2D eigenvalue weighted by molar-refractivity contribution is 7.48. The van der Waals surface area contributed by atoms with Crippen molar-refractivity contribution in [1.82, 2.24) is 0 Å². The smallest absolute Gasteiger partial charge is 0.472 e. The Morgan fingerprint density at radius 1 is 0.426 bits per heavy atom. The summed E-state index contributed by atoms with van der Waals surface area (Å²) in [4.78, 5) is 58.7. The van der Waals surface area contributed by atoms with Crippen LogP contribution < -0.4 is 17.2 Å². The minimum Gasteiger partial charge on any atom is -0.479 e. The molecule has 4 unspecified atom stereocenters. The van der Waals surface area contributed by atoms with Gasteiger partial charge in [-0.05, 0) is 6.92 Å². The Hall–Kier alpha value is -1.93. The number of phosphoric ester groups is 3. The third-order valence-corrected chi connectivity index (χ3v) is 17.8. The Morgan fingerprint density at radius 2 is 0.819 bits per heavy atom. The van der Waals surface area contributed by atoms with Gasteiger partial charge in [-0.3, -0.25) is 27.1 Å². The van der Waals surface area contributed by atoms with Gasteiger partial charge in [0, 0.05) is 19.6 Å². The molecular formula is C45H82N3O43P3. The van der Waals surface area contributed by atoms with E-state index < -0.39 is 298 Å². The van der Waals surface area contributed by atoms with Gasteiger partial charge < -0.3 is 176 Å². The molecule has 49 heteroatoms. The standard InChI is InChI=1S/C45H82N3O43P3/c1-13-18(52)22(56)25(59)42(80-13)84-30-20(54)15(9-50)81-41(28(30)62)75-12-17-21(55)31(89-92(68,69)77-5-2-46)29(63)44(83-17)86-33-34(90-93(70,71)78-6-3-47)37(91-94(72,73)79-7-4-48)45(88-36(33)39(66)67)76-11-16-19(53)23(57)26(60)43(82-16)85-32-24(58)27(61)40(74-10-14(51)8-49)87-35(32)38(64)65/h13-37,40-45,49-63H,2-12,46-48H2,1H3,(H,64,65)(H,66,67)(H,68,69)(H,70,71)(H,72,73)/t13-,14?,15+,16+,17+,18-,19+,20+,21+,22+,23-,24+,25+,26+,27+,28-,29-,30-,31-,32-,33+,34-,35-,36-,37+,40-,41-,42-,43+,44+,45-/m0/s1. The lowest BCUT2D eigenvalue weighted by Gasteiger charge is -2.48. The predicted molar refractivity (Wildman–Crippen MR) is 287 cm³/mol. The second kappa shape index (κ2) is 35.6. The number of phosphoric acid groups is 3. The summed E-state index contributed by atoms with van der Waals surface area (Å²) < 4.78 is 138. The predicted octanol–water partition coefficient (Wildman–Crippen LogP) is -13.2. The van der Waals surface area contributed by atoms with Crippen LogP contribution in [0.4, 0.5) is 0 Å². The Bertz CT molecular complexity index is 2510. The number of carboxylic acid groups (broad SMARTS) is 2. The van der Waals surface area contributed by atoms with E-state index in [0.29, 0.717) is 0 Å². The van der Waals surface area contributed by atoms with Gasteiger partial charge in [-0.25, -0.2) is 23.3 Å². The third-order valence-electron chi connectivity index (χ3n) is 14.7. The molecule has 6 saturated heterocycles. The van der Waals surface area contributed by atoms with Crippen LogP contribution in [-0.2, 0) is 107 Å². The fraction of sp³-hybridized carbons (Fsp3) is 0.956. The maximum Gasteiger partial charge on any atom is 0.472 e. The Kier molecular flexibility index (Phi) is 30.7. The second-order valence-corrected chi connectivity index (χ2v) is 25.8. The minimum atomic E-state index is -5.82. The van der Waals surface area contributed by atoms with Crippen molar-refractivity contribution in [3.63, 3.8) is 0 Å². The van der Waals surface area contributed by atoms with Crippen molar-refractivity contribution in [2.24, 2.45) is 17.2 Å². The van der Waals surface area contributed by atoms with Crippen molar-refractivity contribution in [2.45, 2.75) is 197 Å². The van der Waals surface area contributed by atoms with Crippen molar-refractivity contribution in [3.8, 4) is 0 Å². The normalized spacial score (nSPS) is 43.8. The first kappa shape index (κ1) is 81.0. The van der Waals surface area contributed by atoms with Crippen LogP contribution in [0.25, 0.3) is 0 Å². The summed E-state index contributed by atoms with van der Waals surface area (Å²) in [5, 5.41) is 182. The molecule has 26 N–H and O–H groups in total. The molecule has 0 aliphatic carbocycles. The van der Waals surface area contributed by atoms with E-state index in [2.05, 4.69) is 0 Å². The van der Waals surface area contributed by atoms with Gasteiger partial charge >= 0.3 is 35.4 Å². The minimum absolute atomic E-state index is 0.439. The van der Waals surface area contributed by atoms with E-state index in [1.165, 1.54) is 6.92 Å². The topological polar surface area (TPSA) is 734 Å². The first-order valence-corrected chi connectivity index (χ1v) is 32.9. The Balaban J connectivity index is 1.35. The zero-order chi connectivity index (χ0) is 70.1. The lowest BCUT2D eigenvalue weighted by molar-refractivity contribution is -0.372. The van der Waals surface area contributed by atoms with Crippen molar-refractivity contribution in [3.05, 3.63) is 0 Å². The van der Waals surface area contributed by atoms with Crippen LogP contribution in [0, 0.1) is 0 Å². The van der Waals surface area contributed by atoms with Gasteiger partial charge in [0.15, 0.2) is 49.9 Å². The monoisotopic (exact) mass is 1450 g/mol. The van der Waals surface area contributed by atoms with Gasteiger partial charge in [-0.1, -0.05) is 0 Å². The number of aliphatic carboxylic acids is 2. The van der Waals surface area contributed by atoms with E-state index in [1.54, 1.807) is 0 Å². The average Bonchev–Trinajstić information content (AvgIpc) is 0.773. The molecule has 34 atom stereocenters. The van der Waals surface area contributed by atoms with Crippen LogP contribution in [0.15, 0.2) is 0 Å². The number of nitrogens with two attached hydrogens (primary N) is 3. The van der Waals surface area contributed by atoms with Crippen LogP contribution in [0.2, 0.25) is 0 Å². The fourth-order valence-corrected chi connectivity index (χ4v) is 12.8. The van der Waals surface area contributed by atoms with Crippen molar-refractivity contribution in [2.75, 3.05) is 72.5 Å². The van der Waals surface area contributed by atoms with E-state index in [-0.39, 0.29) is 0 Å². The average molecular weight is 1450 g/mol. The third kappa shape index (κ3) is 20.4. The molecule has 0 spiro atoms. The number of aliphatic hydroxyl groups excluding tert-OH is 15. The lowest BCUT2D eigenvalue weighted by atomic mass is 9.96. The second-order valence-electron chi connectivity index (χ2n) is 21.6. The van der Waals surface area contributed by atoms with Crippen LogP contribution in [0.5, 0.6) is 0 Å². The molecule has 0 amide bonds. The van der Waals surface area contributed by atoms with Crippen LogP contribution >= 0.6 is 23.5 Å². The summed E-state index contributed by atoms with van der Waals surface area (Å²) in [7, 11) is -17.1. The van der Waals surface area contributed by atoms with E-state index in [0.717, 1.165) is 0 Å². The summed E-state index contributed by atoms with van der Waals surface area (Å²) in [6, 6.07) is 0. The molecule has 94 heavy (non-hydrogen) atoms. The Morgan fingerprint density at radius 3 is 1.34 bits per heavy atom. The molecule has 0 aromatic carbocycles. The van der Waals surface area contributed by atoms with E-state index in [1.807, 2.05) is 0 Å². The molecule has 6 aliphatic rings. The van der Waals surface area contributed by atoms with E-state index in [9.17, 15) is 120 Å². The van der Waals surface area contributed by atoms with Gasteiger partial charge in [0.25, 0.3) is 0 Å². The maximum absolute atomic E-state index is 13.8. The van der Waals surface area contributed by atoms with Crippen LogP contribution in [0.3, 0.4) is 0 Å². The summed E-state index contributed by atoms with van der Waals surface area (Å²) >= 11 is 0. The summed E-state index contributed by atoms with van der Waals surface area (Å²) in [6.07, 6.45) is -70.0. The van der Waals surface area contributed by atoms with Gasteiger partial charge in [-0.15, -0.1) is 0 Å². The zero-order valence-corrected chi connectivity index (χ0v) is 51.8. The highest BCUT2D eigenvalue weighted by atomic mass is 31.2. The molecule has 0 aromatic rings. The fourth-order valence-electron chi connectivity index (χ4n) is 9.93. The molecule has 6 rings (SSSR count). The molecule has 0 radical (unpaired) electrons. The zero-order valence-electron chi connectivity index (χ0n) is 49.1. The number of aliphatic hydroxyl groups is 15. The summed E-state index contributed by atoms with van der Waals surface area (Å²) in [5.74, 6) is -4.15. The SMILES string of the molecule is C[C@@H]1O[C@@H](O[C@@H]2[C@H](O)[C@@H](OC[C@H]3O[C@H](O[C@@H]4[C@H](OP(=O)(O)OCCN)[C@@H](OP(=O)(O)OCCN)[C@@H](OC[C@H]5O[C@H](O[C@H]6[C@H](O)[C@@H](O)[C@@H](OCC(O)CO)O[C@@H]6C(=O)O)[C@H](O)[C@@H](O)[C@@H]5O)O[C@@H]4C(=O)O)[C@@H](O)[C@@H](OP(=O)(O)OCCN)[C@@H]3O)O[C@H](CO)[C@H]2O)[C@H](O)[C@H](O)[C@H]1O. The number of carbonyl (C=O) groups is 2. The van der Waals surface area contributed by atoms with Gasteiger partial charge in [0.05, 0.1) is 59.0 Å². The van der Waals surface area contributed by atoms with Gasteiger partial charge in [-0.2, -0.15) is 0 Å². The summed E-state index contributed by atoms with van der Waals surface area (Å²) in [6.45, 7) is -7.91. The first-order valence-electron chi connectivity index (χ1n) is 28.4. The van der Waals surface area contributed by atoms with Crippen molar-refractivity contribution in [1.29, 1.82) is 0 Å². The van der Waals surface area contributed by atoms with Crippen LogP contribution in [-0.4, -0.2) is 376 Å².